The van der Waals surface area contributed by atoms with E-state index in [0.717, 1.165) is 29.3 Å². The van der Waals surface area contributed by atoms with E-state index in [4.69, 9.17) is 9.15 Å². The number of furan rings is 1. The van der Waals surface area contributed by atoms with E-state index in [2.05, 4.69) is 20.5 Å². The molecule has 4 rings (SSSR count). The first-order valence-electron chi connectivity index (χ1n) is 9.59. The van der Waals surface area contributed by atoms with Crippen LogP contribution in [0.25, 0.3) is 10.9 Å². The van der Waals surface area contributed by atoms with Crippen molar-refractivity contribution in [3.05, 3.63) is 58.3 Å². The highest BCUT2D eigenvalue weighted by Crippen LogP contribution is 2.23. The molecule has 3 aromatic rings. The van der Waals surface area contributed by atoms with Gasteiger partial charge in [0.2, 0.25) is 5.91 Å². The molecule has 152 valence electrons. The van der Waals surface area contributed by atoms with Gasteiger partial charge >= 0.3 is 0 Å². The molecule has 1 aliphatic rings. The van der Waals surface area contributed by atoms with Crippen molar-refractivity contribution in [2.24, 2.45) is 0 Å². The summed E-state index contributed by atoms with van der Waals surface area (Å²) in [6.07, 6.45) is 0. The molecule has 0 radical (unpaired) electrons. The number of aryl methyl sites for hydroxylation is 1. The molecule has 0 unspecified atom stereocenters. The molecule has 1 N–H and O–H groups in total. The van der Waals surface area contributed by atoms with Crippen molar-refractivity contribution in [3.63, 3.8) is 0 Å². The fourth-order valence-corrected chi connectivity index (χ4v) is 3.46. The molecule has 1 aliphatic heterocycles. The topological polar surface area (TPSA) is 102 Å². The van der Waals surface area contributed by atoms with E-state index in [1.807, 2.05) is 19.1 Å². The summed E-state index contributed by atoms with van der Waals surface area (Å²) in [4.78, 5) is 27.3. The Morgan fingerprint density at radius 2 is 2.00 bits per heavy atom. The Kier molecular flexibility index (Phi) is 5.68. The predicted molar refractivity (Wildman–Crippen MR) is 105 cm³/mol. The van der Waals surface area contributed by atoms with Gasteiger partial charge in [-0.3, -0.25) is 14.5 Å². The number of rotatable bonds is 6. The normalized spacial score (nSPS) is 16.0. The number of hydrogen-bond donors (Lipinski definition) is 1. The van der Waals surface area contributed by atoms with E-state index in [9.17, 15) is 9.59 Å². The largest absolute Gasteiger partial charge is 0.465 e. The molecule has 0 bridgehead atoms. The molecule has 0 saturated carbocycles. The zero-order chi connectivity index (χ0) is 20.2. The number of aromatic nitrogens is 3. The number of carbonyl (C=O) groups excluding carboxylic acids is 1. The van der Waals surface area contributed by atoms with Crippen molar-refractivity contribution in [1.29, 1.82) is 0 Å². The number of fused-ring (bicyclic) bond motifs is 1. The summed E-state index contributed by atoms with van der Waals surface area (Å²) in [6.45, 7) is 4.87. The first kappa shape index (κ1) is 19.3. The molecular weight excluding hydrogens is 374 g/mol. The molecule has 29 heavy (non-hydrogen) atoms. The molecule has 9 nitrogen and oxygen atoms in total. The first-order chi connectivity index (χ1) is 14.1. The van der Waals surface area contributed by atoms with Gasteiger partial charge in [-0.05, 0) is 31.2 Å². The second-order valence-electron chi connectivity index (χ2n) is 6.99. The summed E-state index contributed by atoms with van der Waals surface area (Å²) >= 11 is 0. The molecule has 0 spiro atoms. The molecule has 1 aromatic carbocycles. The fraction of sp³-hybridized carbons (Fsp3) is 0.400. The first-order valence-corrected chi connectivity index (χ1v) is 9.59. The Bertz CT molecular complexity index is 1050. The number of ether oxygens (including phenoxy) is 1. The second kappa shape index (κ2) is 8.54. The average Bonchev–Trinajstić information content (AvgIpc) is 3.17. The summed E-state index contributed by atoms with van der Waals surface area (Å²) in [7, 11) is 0. The van der Waals surface area contributed by atoms with Gasteiger partial charge in [0.05, 0.1) is 24.6 Å². The molecule has 1 saturated heterocycles. The maximum absolute atomic E-state index is 12.5. The molecular formula is C20H23N5O4. The number of carbonyl (C=O) groups is 1. The van der Waals surface area contributed by atoms with Crippen molar-refractivity contribution >= 4 is 16.8 Å². The minimum Gasteiger partial charge on any atom is -0.465 e. The zero-order valence-corrected chi connectivity index (χ0v) is 16.2. The van der Waals surface area contributed by atoms with E-state index in [0.29, 0.717) is 30.7 Å². The summed E-state index contributed by atoms with van der Waals surface area (Å²) in [5.41, 5.74) is 0.173. The van der Waals surface area contributed by atoms with E-state index < -0.39 is 0 Å². The standard InChI is InChI=1S/C20H23N5O4/c1-14-6-7-18(29-14)17(24-8-10-28-11-9-24)12-21-19(26)13-25-20(27)15-4-2-3-5-16(15)22-23-25/h2-7,17H,8-13H2,1H3,(H,21,26)/t17-/m0/s1. The smallest absolute Gasteiger partial charge is 0.278 e. The lowest BCUT2D eigenvalue weighted by Crippen LogP contribution is -2.44. The predicted octanol–water partition coefficient (Wildman–Crippen LogP) is 0.883. The summed E-state index contributed by atoms with van der Waals surface area (Å²) < 4.78 is 12.3. The van der Waals surface area contributed by atoms with Crippen LogP contribution in [0.3, 0.4) is 0 Å². The Balaban J connectivity index is 1.45. The van der Waals surface area contributed by atoms with Gasteiger partial charge in [0, 0.05) is 19.6 Å². The van der Waals surface area contributed by atoms with Crippen molar-refractivity contribution < 1.29 is 13.9 Å². The Morgan fingerprint density at radius 3 is 2.76 bits per heavy atom. The van der Waals surface area contributed by atoms with Crippen LogP contribution in [0, 0.1) is 6.92 Å². The van der Waals surface area contributed by atoms with Crippen molar-refractivity contribution in [1.82, 2.24) is 25.2 Å². The minimum atomic E-state index is -0.336. The summed E-state index contributed by atoms with van der Waals surface area (Å²) in [5.74, 6) is 1.31. The maximum Gasteiger partial charge on any atom is 0.278 e. The van der Waals surface area contributed by atoms with Gasteiger partial charge in [0.25, 0.3) is 5.56 Å². The number of nitrogens with one attached hydrogen (secondary N) is 1. The van der Waals surface area contributed by atoms with Gasteiger partial charge in [-0.25, -0.2) is 4.68 Å². The maximum atomic E-state index is 12.5. The van der Waals surface area contributed by atoms with E-state index in [1.165, 1.54) is 0 Å². The molecule has 0 aliphatic carbocycles. The number of amides is 1. The lowest BCUT2D eigenvalue weighted by Gasteiger charge is -2.33. The van der Waals surface area contributed by atoms with Gasteiger partial charge in [-0.2, -0.15) is 0 Å². The Labute approximate surface area is 167 Å². The van der Waals surface area contributed by atoms with Crippen LogP contribution in [0.5, 0.6) is 0 Å². The van der Waals surface area contributed by atoms with Gasteiger partial charge in [0.15, 0.2) is 0 Å². The van der Waals surface area contributed by atoms with Gasteiger partial charge in [-0.1, -0.05) is 17.3 Å². The minimum absolute atomic E-state index is 0.101. The SMILES string of the molecule is Cc1ccc([C@H](CNC(=O)Cn2nnc3ccccc3c2=O)N2CCOCC2)o1. The average molecular weight is 397 g/mol. The van der Waals surface area contributed by atoms with Gasteiger partial charge in [-0.15, -0.1) is 5.10 Å². The van der Waals surface area contributed by atoms with Crippen LogP contribution in [0.2, 0.25) is 0 Å². The fourth-order valence-electron chi connectivity index (χ4n) is 3.46. The molecule has 9 heteroatoms. The third-order valence-electron chi connectivity index (χ3n) is 4.99. The van der Waals surface area contributed by atoms with Gasteiger partial charge in [0.1, 0.15) is 23.6 Å². The van der Waals surface area contributed by atoms with E-state index in [-0.39, 0.29) is 24.1 Å². The van der Waals surface area contributed by atoms with E-state index >= 15 is 0 Å². The third kappa shape index (κ3) is 4.36. The highest BCUT2D eigenvalue weighted by molar-refractivity contribution is 5.78. The van der Waals surface area contributed by atoms with Crippen LogP contribution in [-0.4, -0.2) is 58.6 Å². The monoisotopic (exact) mass is 397 g/mol. The van der Waals surface area contributed by atoms with Crippen LogP contribution in [0.4, 0.5) is 0 Å². The number of benzene rings is 1. The van der Waals surface area contributed by atoms with Crippen LogP contribution in [0.15, 0.2) is 45.6 Å². The van der Waals surface area contributed by atoms with Crippen molar-refractivity contribution in [2.45, 2.75) is 19.5 Å². The lowest BCUT2D eigenvalue weighted by molar-refractivity contribution is -0.122. The summed E-state index contributed by atoms with van der Waals surface area (Å²) in [6, 6.07) is 10.7. The van der Waals surface area contributed by atoms with Crippen LogP contribution in [0.1, 0.15) is 17.6 Å². The Hall–Kier alpha value is -3.04. The highest BCUT2D eigenvalue weighted by Gasteiger charge is 2.25. The lowest BCUT2D eigenvalue weighted by atomic mass is 10.1. The van der Waals surface area contributed by atoms with Crippen molar-refractivity contribution in [2.75, 3.05) is 32.8 Å². The molecule has 3 heterocycles. The molecule has 1 fully saturated rings. The van der Waals surface area contributed by atoms with Gasteiger partial charge < -0.3 is 14.5 Å². The van der Waals surface area contributed by atoms with Crippen LogP contribution in [-0.2, 0) is 16.1 Å². The quantitative estimate of drug-likeness (QED) is 0.659. The number of nitrogens with zero attached hydrogens (tertiary/aromatic N) is 4. The van der Waals surface area contributed by atoms with Crippen molar-refractivity contribution in [3.8, 4) is 0 Å². The summed E-state index contributed by atoms with van der Waals surface area (Å²) in [5, 5.41) is 11.2. The number of morpholine rings is 1. The molecule has 2 aromatic heterocycles. The third-order valence-corrected chi connectivity index (χ3v) is 4.99. The van der Waals surface area contributed by atoms with Crippen LogP contribution < -0.4 is 10.9 Å². The Morgan fingerprint density at radius 1 is 1.21 bits per heavy atom. The van der Waals surface area contributed by atoms with Crippen LogP contribution >= 0.6 is 0 Å². The second-order valence-corrected chi connectivity index (χ2v) is 6.99. The number of hydrogen-bond acceptors (Lipinski definition) is 7. The molecule has 1 amide bonds. The highest BCUT2D eigenvalue weighted by atomic mass is 16.5. The zero-order valence-electron chi connectivity index (χ0n) is 16.2. The van der Waals surface area contributed by atoms with E-state index in [1.54, 1.807) is 24.3 Å². The molecule has 1 atom stereocenters.